The van der Waals surface area contributed by atoms with Gasteiger partial charge in [0.2, 0.25) is 0 Å². The second-order valence-corrected chi connectivity index (χ2v) is 4.25. The fourth-order valence-corrected chi connectivity index (χ4v) is 1.76. The maximum atomic E-state index is 12.3. The average Bonchev–Trinajstić information content (AvgIpc) is 2.81. The van der Waals surface area contributed by atoms with Crippen LogP contribution >= 0.6 is 0 Å². The van der Waals surface area contributed by atoms with E-state index in [-0.39, 0.29) is 11.9 Å². The molecule has 1 heterocycles. The molecule has 2 rings (SSSR count). The van der Waals surface area contributed by atoms with Gasteiger partial charge in [0, 0.05) is 18.5 Å². The molecule has 2 aromatic rings. The van der Waals surface area contributed by atoms with Gasteiger partial charge in [0.25, 0.3) is 5.91 Å². The Bertz CT molecular complexity index is 611. The summed E-state index contributed by atoms with van der Waals surface area (Å²) in [5.41, 5.74) is 1.24. The average molecular weight is 242 g/mol. The number of aromatic amines is 1. The number of fused-ring (bicyclic) bond motifs is 1. The number of hydrogen-bond acceptors (Lipinski definition) is 3. The first-order chi connectivity index (χ1) is 8.65. The topological polar surface area (TPSA) is 72.8 Å². The molecule has 1 aromatic heterocycles. The number of para-hydroxylation sites is 1. The molecule has 1 aromatic carbocycles. The van der Waals surface area contributed by atoms with Crippen LogP contribution in [0.25, 0.3) is 10.9 Å². The number of nitriles is 1. The first-order valence-electron chi connectivity index (χ1n) is 5.72. The fourth-order valence-electron chi connectivity index (χ4n) is 1.76. The number of nitrogens with one attached hydrogen (secondary N) is 1. The van der Waals surface area contributed by atoms with Crippen molar-refractivity contribution in [2.75, 3.05) is 7.05 Å². The van der Waals surface area contributed by atoms with Crippen molar-refractivity contribution < 1.29 is 4.79 Å². The van der Waals surface area contributed by atoms with Gasteiger partial charge in [0.15, 0.2) is 5.69 Å². The molecule has 0 saturated carbocycles. The number of benzene rings is 1. The third-order valence-electron chi connectivity index (χ3n) is 3.04. The summed E-state index contributed by atoms with van der Waals surface area (Å²) in [6.07, 6.45) is 0.310. The van der Waals surface area contributed by atoms with Crippen LogP contribution in [0.15, 0.2) is 24.3 Å². The van der Waals surface area contributed by atoms with Gasteiger partial charge in [-0.1, -0.05) is 18.2 Å². The molecule has 0 radical (unpaired) electrons. The number of H-pyrrole nitrogens is 1. The lowest BCUT2D eigenvalue weighted by molar-refractivity contribution is 0.0742. The number of hydrogen-bond donors (Lipinski definition) is 1. The van der Waals surface area contributed by atoms with Crippen molar-refractivity contribution in [3.8, 4) is 6.07 Å². The smallest absolute Gasteiger partial charge is 0.275 e. The number of nitrogens with zero attached hydrogens (tertiary/aromatic N) is 3. The molecule has 0 fully saturated rings. The van der Waals surface area contributed by atoms with Crippen LogP contribution in [0.2, 0.25) is 0 Å². The standard InChI is InChI=1S/C13H14N4O/c1-9(7-8-14)17(2)13(18)12-10-5-3-4-6-11(10)15-16-12/h3-6,9H,7H2,1-2H3,(H,15,16). The van der Waals surface area contributed by atoms with Gasteiger partial charge in [-0.05, 0) is 13.0 Å². The number of amides is 1. The van der Waals surface area contributed by atoms with Crippen molar-refractivity contribution in [2.45, 2.75) is 19.4 Å². The van der Waals surface area contributed by atoms with Crippen LogP contribution in [0.5, 0.6) is 0 Å². The Balaban J connectivity index is 2.32. The summed E-state index contributed by atoms with van der Waals surface area (Å²) < 4.78 is 0. The van der Waals surface area contributed by atoms with Crippen molar-refractivity contribution in [1.29, 1.82) is 5.26 Å². The highest BCUT2D eigenvalue weighted by molar-refractivity contribution is 6.04. The van der Waals surface area contributed by atoms with Crippen LogP contribution in [-0.4, -0.2) is 34.1 Å². The highest BCUT2D eigenvalue weighted by atomic mass is 16.2. The summed E-state index contributed by atoms with van der Waals surface area (Å²) in [5.74, 6) is -0.171. The van der Waals surface area contributed by atoms with E-state index in [1.165, 1.54) is 0 Å². The molecular formula is C13H14N4O. The number of carbonyl (C=O) groups is 1. The van der Waals surface area contributed by atoms with E-state index in [9.17, 15) is 4.79 Å². The van der Waals surface area contributed by atoms with Crippen LogP contribution < -0.4 is 0 Å². The van der Waals surface area contributed by atoms with Crippen LogP contribution in [0, 0.1) is 11.3 Å². The molecule has 0 saturated heterocycles. The molecule has 5 nitrogen and oxygen atoms in total. The van der Waals surface area contributed by atoms with Crippen molar-refractivity contribution >= 4 is 16.8 Å². The largest absolute Gasteiger partial charge is 0.337 e. The third-order valence-corrected chi connectivity index (χ3v) is 3.04. The first-order valence-corrected chi connectivity index (χ1v) is 5.72. The molecule has 92 valence electrons. The molecule has 1 atom stereocenters. The van der Waals surface area contributed by atoms with E-state index in [1.807, 2.05) is 31.2 Å². The van der Waals surface area contributed by atoms with Crippen LogP contribution in [0.1, 0.15) is 23.8 Å². The van der Waals surface area contributed by atoms with Crippen LogP contribution in [0.4, 0.5) is 0 Å². The molecule has 5 heteroatoms. The zero-order chi connectivity index (χ0) is 13.1. The molecule has 0 spiro atoms. The van der Waals surface area contributed by atoms with Gasteiger partial charge in [0.05, 0.1) is 18.0 Å². The summed E-state index contributed by atoms with van der Waals surface area (Å²) in [7, 11) is 1.69. The van der Waals surface area contributed by atoms with E-state index in [4.69, 9.17) is 5.26 Å². The molecular weight excluding hydrogens is 228 g/mol. The Morgan fingerprint density at radius 1 is 1.56 bits per heavy atom. The minimum Gasteiger partial charge on any atom is -0.337 e. The number of rotatable bonds is 3. The number of aromatic nitrogens is 2. The summed E-state index contributed by atoms with van der Waals surface area (Å²) in [5, 5.41) is 16.4. The van der Waals surface area contributed by atoms with E-state index in [0.29, 0.717) is 12.1 Å². The minimum atomic E-state index is -0.171. The molecule has 0 aliphatic heterocycles. The van der Waals surface area contributed by atoms with Gasteiger partial charge >= 0.3 is 0 Å². The second-order valence-electron chi connectivity index (χ2n) is 4.25. The van der Waals surface area contributed by atoms with E-state index in [1.54, 1.807) is 11.9 Å². The molecule has 0 aliphatic rings. The van der Waals surface area contributed by atoms with Gasteiger partial charge in [-0.2, -0.15) is 10.4 Å². The van der Waals surface area contributed by atoms with E-state index in [2.05, 4.69) is 16.3 Å². The highest BCUT2D eigenvalue weighted by Crippen LogP contribution is 2.17. The molecule has 1 amide bonds. The lowest BCUT2D eigenvalue weighted by Gasteiger charge is -2.21. The summed E-state index contributed by atoms with van der Waals surface area (Å²) in [6.45, 7) is 1.84. The van der Waals surface area contributed by atoms with E-state index in [0.717, 1.165) is 10.9 Å². The van der Waals surface area contributed by atoms with Gasteiger partial charge in [-0.15, -0.1) is 0 Å². The molecule has 1 unspecified atom stereocenters. The zero-order valence-electron chi connectivity index (χ0n) is 10.3. The SMILES string of the molecule is CC(CC#N)N(C)C(=O)c1n[nH]c2ccccc12. The monoisotopic (exact) mass is 242 g/mol. The minimum absolute atomic E-state index is 0.127. The predicted molar refractivity (Wildman–Crippen MR) is 67.9 cm³/mol. The molecule has 0 bridgehead atoms. The van der Waals surface area contributed by atoms with E-state index >= 15 is 0 Å². The fraction of sp³-hybridized carbons (Fsp3) is 0.308. The Hall–Kier alpha value is -2.35. The molecule has 0 aliphatic carbocycles. The highest BCUT2D eigenvalue weighted by Gasteiger charge is 2.21. The Morgan fingerprint density at radius 2 is 2.28 bits per heavy atom. The van der Waals surface area contributed by atoms with Crippen molar-refractivity contribution in [1.82, 2.24) is 15.1 Å². The van der Waals surface area contributed by atoms with E-state index < -0.39 is 0 Å². The number of carbonyl (C=O) groups excluding carboxylic acids is 1. The Labute approximate surface area is 105 Å². The molecule has 18 heavy (non-hydrogen) atoms. The predicted octanol–water partition coefficient (Wildman–Crippen LogP) is 1.94. The Morgan fingerprint density at radius 3 is 3.00 bits per heavy atom. The first kappa shape index (κ1) is 12.1. The summed E-state index contributed by atoms with van der Waals surface area (Å²) >= 11 is 0. The molecule has 1 N–H and O–H groups in total. The maximum absolute atomic E-state index is 12.3. The van der Waals surface area contributed by atoms with Crippen LogP contribution in [0.3, 0.4) is 0 Å². The lowest BCUT2D eigenvalue weighted by atomic mass is 10.1. The van der Waals surface area contributed by atoms with Crippen molar-refractivity contribution in [2.24, 2.45) is 0 Å². The van der Waals surface area contributed by atoms with Crippen molar-refractivity contribution in [3.63, 3.8) is 0 Å². The third kappa shape index (κ3) is 2.05. The lowest BCUT2D eigenvalue weighted by Crippen LogP contribution is -2.35. The van der Waals surface area contributed by atoms with Crippen molar-refractivity contribution in [3.05, 3.63) is 30.0 Å². The van der Waals surface area contributed by atoms with Crippen LogP contribution in [-0.2, 0) is 0 Å². The quantitative estimate of drug-likeness (QED) is 0.893. The summed E-state index contributed by atoms with van der Waals surface area (Å²) in [6, 6.07) is 9.42. The normalized spacial score (nSPS) is 12.1. The second kappa shape index (κ2) is 4.88. The summed E-state index contributed by atoms with van der Waals surface area (Å²) in [4.78, 5) is 13.8. The zero-order valence-corrected chi connectivity index (χ0v) is 10.3. The maximum Gasteiger partial charge on any atom is 0.275 e. The Kier molecular flexibility index (Phi) is 3.28. The van der Waals surface area contributed by atoms with Gasteiger partial charge in [-0.3, -0.25) is 9.89 Å². The van der Waals surface area contributed by atoms with Gasteiger partial charge in [0.1, 0.15) is 0 Å². The van der Waals surface area contributed by atoms with Gasteiger partial charge < -0.3 is 4.90 Å². The van der Waals surface area contributed by atoms with Gasteiger partial charge in [-0.25, -0.2) is 0 Å².